The van der Waals surface area contributed by atoms with Crippen LogP contribution in [0.4, 0.5) is 5.69 Å². The van der Waals surface area contributed by atoms with Crippen molar-refractivity contribution in [1.29, 1.82) is 0 Å². The van der Waals surface area contributed by atoms with Gasteiger partial charge in [0, 0.05) is 11.8 Å². The van der Waals surface area contributed by atoms with Crippen LogP contribution in [0.5, 0.6) is 0 Å². The van der Waals surface area contributed by atoms with Crippen LogP contribution in [0.3, 0.4) is 0 Å². The Morgan fingerprint density at radius 1 is 1.27 bits per heavy atom. The predicted molar refractivity (Wildman–Crippen MR) is 54.5 cm³/mol. The first-order valence-corrected chi connectivity index (χ1v) is 4.04. The lowest BCUT2D eigenvalue weighted by Crippen LogP contribution is -1.99. The molecule has 0 unspecified atom stereocenters. The molecule has 0 bridgehead atoms. The summed E-state index contributed by atoms with van der Waals surface area (Å²) in [5.41, 5.74) is 6.31. The Bertz CT molecular complexity index is 437. The number of hydrogen-bond acceptors (Lipinski definition) is 3. The number of rotatable bonds is 3. The molecule has 1 aromatic rings. The predicted octanol–water partition coefficient (Wildman–Crippen LogP) is 1.06. The van der Waals surface area contributed by atoms with Crippen molar-refractivity contribution >= 4 is 23.7 Å². The van der Waals surface area contributed by atoms with E-state index in [9.17, 15) is 9.59 Å². The number of aromatic carboxylic acids is 1. The molecule has 0 aliphatic carbocycles. The maximum absolute atomic E-state index is 10.6. The van der Waals surface area contributed by atoms with E-state index in [0.29, 0.717) is 11.3 Å². The normalized spacial score (nSPS) is 10.4. The zero-order valence-electron chi connectivity index (χ0n) is 7.68. The van der Waals surface area contributed by atoms with Crippen molar-refractivity contribution in [3.05, 3.63) is 35.4 Å². The SMILES string of the molecule is Nc1ccc(C(=O)O)cc1C=CC(=O)O. The summed E-state index contributed by atoms with van der Waals surface area (Å²) in [6.45, 7) is 0. The van der Waals surface area contributed by atoms with E-state index >= 15 is 0 Å². The van der Waals surface area contributed by atoms with Crippen molar-refractivity contribution in [3.63, 3.8) is 0 Å². The van der Waals surface area contributed by atoms with Gasteiger partial charge in [0.15, 0.2) is 0 Å². The first-order valence-electron chi connectivity index (χ1n) is 4.04. The van der Waals surface area contributed by atoms with Crippen LogP contribution in [0, 0.1) is 0 Å². The van der Waals surface area contributed by atoms with Crippen LogP contribution < -0.4 is 5.73 Å². The quantitative estimate of drug-likeness (QED) is 0.508. The van der Waals surface area contributed by atoms with Crippen LogP contribution >= 0.6 is 0 Å². The fraction of sp³-hybridized carbons (Fsp3) is 0. The fourth-order valence-corrected chi connectivity index (χ4v) is 1.01. The highest BCUT2D eigenvalue weighted by Crippen LogP contribution is 2.15. The minimum Gasteiger partial charge on any atom is -0.478 e. The molecule has 1 rings (SSSR count). The molecule has 5 heteroatoms. The Hall–Kier alpha value is -2.30. The second kappa shape index (κ2) is 4.28. The number of carbonyl (C=O) groups is 2. The molecule has 0 saturated carbocycles. The van der Waals surface area contributed by atoms with Crippen LogP contribution in [0.15, 0.2) is 24.3 Å². The number of carboxylic acids is 2. The van der Waals surface area contributed by atoms with Crippen molar-refractivity contribution < 1.29 is 19.8 Å². The van der Waals surface area contributed by atoms with Gasteiger partial charge in [-0.1, -0.05) is 0 Å². The molecule has 1 aromatic carbocycles. The summed E-state index contributed by atoms with van der Waals surface area (Å²) < 4.78 is 0. The Kier molecular flexibility index (Phi) is 3.07. The highest BCUT2D eigenvalue weighted by Gasteiger charge is 2.04. The Labute approximate surface area is 85.5 Å². The fourth-order valence-electron chi connectivity index (χ4n) is 1.01. The van der Waals surface area contributed by atoms with Gasteiger partial charge in [-0.25, -0.2) is 9.59 Å². The maximum Gasteiger partial charge on any atom is 0.335 e. The van der Waals surface area contributed by atoms with Crippen LogP contribution in [-0.2, 0) is 4.79 Å². The van der Waals surface area contributed by atoms with Crippen LogP contribution in [0.2, 0.25) is 0 Å². The van der Waals surface area contributed by atoms with Gasteiger partial charge in [0.1, 0.15) is 0 Å². The molecule has 5 nitrogen and oxygen atoms in total. The first kappa shape index (κ1) is 10.8. The molecule has 0 aliphatic heterocycles. The molecule has 4 N–H and O–H groups in total. The number of anilines is 1. The summed E-state index contributed by atoms with van der Waals surface area (Å²) >= 11 is 0. The Morgan fingerprint density at radius 3 is 2.47 bits per heavy atom. The van der Waals surface area contributed by atoms with Crippen molar-refractivity contribution in [2.45, 2.75) is 0 Å². The van der Waals surface area contributed by atoms with Crippen LogP contribution in [0.25, 0.3) is 6.08 Å². The number of hydrogen-bond donors (Lipinski definition) is 3. The molecule has 0 radical (unpaired) electrons. The van der Waals surface area contributed by atoms with E-state index in [1.165, 1.54) is 24.3 Å². The number of benzene rings is 1. The van der Waals surface area contributed by atoms with E-state index in [-0.39, 0.29) is 5.56 Å². The van der Waals surface area contributed by atoms with Gasteiger partial charge in [-0.3, -0.25) is 0 Å². The smallest absolute Gasteiger partial charge is 0.335 e. The van der Waals surface area contributed by atoms with Gasteiger partial charge in [0.25, 0.3) is 0 Å². The molecule has 0 heterocycles. The van der Waals surface area contributed by atoms with E-state index in [1.807, 2.05) is 0 Å². The molecule has 0 aliphatic rings. The van der Waals surface area contributed by atoms with E-state index in [4.69, 9.17) is 15.9 Å². The summed E-state index contributed by atoms with van der Waals surface area (Å²) in [5.74, 6) is -2.20. The maximum atomic E-state index is 10.6. The summed E-state index contributed by atoms with van der Waals surface area (Å²) in [4.78, 5) is 20.9. The van der Waals surface area contributed by atoms with Crippen LogP contribution in [-0.4, -0.2) is 22.2 Å². The van der Waals surface area contributed by atoms with Gasteiger partial charge in [0.2, 0.25) is 0 Å². The van der Waals surface area contributed by atoms with Gasteiger partial charge in [-0.05, 0) is 29.8 Å². The summed E-state index contributed by atoms with van der Waals surface area (Å²) in [5, 5.41) is 17.1. The first-order chi connectivity index (χ1) is 7.00. The number of aliphatic carboxylic acids is 1. The highest BCUT2D eigenvalue weighted by atomic mass is 16.4. The summed E-state index contributed by atoms with van der Waals surface area (Å²) in [7, 11) is 0. The lowest BCUT2D eigenvalue weighted by atomic mass is 10.1. The second-order valence-electron chi connectivity index (χ2n) is 2.82. The average Bonchev–Trinajstić information content (AvgIpc) is 2.16. The zero-order chi connectivity index (χ0) is 11.4. The molecule has 0 saturated heterocycles. The second-order valence-corrected chi connectivity index (χ2v) is 2.82. The lowest BCUT2D eigenvalue weighted by molar-refractivity contribution is -0.131. The van der Waals surface area contributed by atoms with Crippen molar-refractivity contribution in [2.24, 2.45) is 0 Å². The molecular weight excluding hydrogens is 198 g/mol. The largest absolute Gasteiger partial charge is 0.478 e. The third kappa shape index (κ3) is 2.84. The number of nitrogen functional groups attached to an aromatic ring is 1. The molecule has 0 amide bonds. The molecule has 78 valence electrons. The lowest BCUT2D eigenvalue weighted by Gasteiger charge is -2.01. The minimum atomic E-state index is -1.12. The Morgan fingerprint density at radius 2 is 1.93 bits per heavy atom. The topological polar surface area (TPSA) is 101 Å². The molecule has 0 fully saturated rings. The van der Waals surface area contributed by atoms with Gasteiger partial charge >= 0.3 is 11.9 Å². The van der Waals surface area contributed by atoms with Gasteiger partial charge in [-0.2, -0.15) is 0 Å². The molecule has 0 spiro atoms. The Balaban J connectivity index is 3.11. The monoisotopic (exact) mass is 207 g/mol. The van der Waals surface area contributed by atoms with Gasteiger partial charge in [-0.15, -0.1) is 0 Å². The highest BCUT2D eigenvalue weighted by molar-refractivity contribution is 5.91. The standard InChI is InChI=1S/C10H9NO4/c11-8-3-1-7(10(14)15)5-6(8)2-4-9(12)13/h1-5H,11H2,(H,12,13)(H,14,15). The molecule has 15 heavy (non-hydrogen) atoms. The van der Waals surface area contributed by atoms with Gasteiger partial charge < -0.3 is 15.9 Å². The molecule has 0 atom stereocenters. The van der Waals surface area contributed by atoms with E-state index in [2.05, 4.69) is 0 Å². The number of nitrogens with two attached hydrogens (primary N) is 1. The third-order valence-corrected chi connectivity index (χ3v) is 1.74. The summed E-state index contributed by atoms with van der Waals surface area (Å²) in [6, 6.07) is 4.10. The zero-order valence-corrected chi connectivity index (χ0v) is 7.68. The molecule has 0 aromatic heterocycles. The van der Waals surface area contributed by atoms with E-state index in [1.54, 1.807) is 0 Å². The van der Waals surface area contributed by atoms with Crippen molar-refractivity contribution in [3.8, 4) is 0 Å². The van der Waals surface area contributed by atoms with E-state index < -0.39 is 11.9 Å². The van der Waals surface area contributed by atoms with E-state index in [0.717, 1.165) is 6.08 Å². The summed E-state index contributed by atoms with van der Waals surface area (Å²) in [6.07, 6.45) is 2.15. The van der Waals surface area contributed by atoms with Crippen LogP contribution in [0.1, 0.15) is 15.9 Å². The van der Waals surface area contributed by atoms with Crippen molar-refractivity contribution in [2.75, 3.05) is 5.73 Å². The molecular formula is C10H9NO4. The third-order valence-electron chi connectivity index (χ3n) is 1.74. The minimum absolute atomic E-state index is 0.0641. The average molecular weight is 207 g/mol. The van der Waals surface area contributed by atoms with Gasteiger partial charge in [0.05, 0.1) is 5.56 Å². The van der Waals surface area contributed by atoms with Crippen molar-refractivity contribution in [1.82, 2.24) is 0 Å². The number of carboxylic acid groups (broad SMARTS) is 2.